The Balaban J connectivity index is 2.55. The zero-order valence-corrected chi connectivity index (χ0v) is 21.3. The van der Waals surface area contributed by atoms with Gasteiger partial charge < -0.3 is 20.1 Å². The van der Waals surface area contributed by atoms with Gasteiger partial charge in [0.1, 0.15) is 17.6 Å². The summed E-state index contributed by atoms with van der Waals surface area (Å²) in [6.45, 7) is 11.4. The lowest BCUT2D eigenvalue weighted by molar-refractivity contribution is -0.128. The molecule has 0 amide bonds. The van der Waals surface area contributed by atoms with Crippen molar-refractivity contribution in [3.05, 3.63) is 58.2 Å². The molecule has 0 aliphatic heterocycles. The minimum atomic E-state index is -1.03. The van der Waals surface area contributed by atoms with E-state index in [0.29, 0.717) is 25.0 Å². The molecule has 1 aromatic rings. The maximum Gasteiger partial charge on any atom is 0.167 e. The molecule has 3 N–H and O–H groups in total. The third kappa shape index (κ3) is 10.4. The molecule has 0 radical (unpaired) electrons. The molecule has 5 nitrogen and oxygen atoms in total. The maximum atomic E-state index is 12.2. The van der Waals surface area contributed by atoms with E-state index in [4.69, 9.17) is 4.74 Å². The molecule has 0 saturated heterocycles. The van der Waals surface area contributed by atoms with Gasteiger partial charge in [0, 0.05) is 11.5 Å². The Kier molecular flexibility index (Phi) is 12.2. The molecule has 33 heavy (non-hydrogen) atoms. The first-order valence-corrected chi connectivity index (χ1v) is 11.7. The number of ether oxygens (including phenoxy) is 1. The van der Waals surface area contributed by atoms with Gasteiger partial charge >= 0.3 is 0 Å². The van der Waals surface area contributed by atoms with Crippen molar-refractivity contribution >= 4 is 5.78 Å². The van der Waals surface area contributed by atoms with Crippen molar-refractivity contribution in [2.24, 2.45) is 5.92 Å². The molecular formula is C28H42O5. The first-order valence-electron chi connectivity index (χ1n) is 11.7. The lowest BCUT2D eigenvalue weighted by atomic mass is 9.93. The molecular weight excluding hydrogens is 416 g/mol. The fraction of sp³-hybridized carbons (Fsp3) is 0.536. The number of rotatable bonds is 13. The Bertz CT molecular complexity index is 875. The Morgan fingerprint density at radius 2 is 1.76 bits per heavy atom. The number of Topliss-reactive ketones (excluding diaryl/α,β-unsaturated/α-hetero) is 1. The molecule has 1 rings (SSSR count). The van der Waals surface area contributed by atoms with Gasteiger partial charge in [-0.05, 0) is 84.4 Å². The van der Waals surface area contributed by atoms with Crippen molar-refractivity contribution in [1.82, 2.24) is 0 Å². The highest BCUT2D eigenvalue weighted by molar-refractivity contribution is 5.86. The quantitative estimate of drug-likeness (QED) is 0.335. The van der Waals surface area contributed by atoms with Gasteiger partial charge in [0.05, 0.1) is 13.2 Å². The van der Waals surface area contributed by atoms with Crippen molar-refractivity contribution < 1.29 is 24.9 Å². The Morgan fingerprint density at radius 1 is 1.09 bits per heavy atom. The van der Waals surface area contributed by atoms with E-state index in [9.17, 15) is 20.1 Å². The maximum absolute atomic E-state index is 12.2. The fourth-order valence-corrected chi connectivity index (χ4v) is 3.78. The number of phenols is 1. The lowest BCUT2D eigenvalue weighted by Gasteiger charge is -2.14. The molecule has 0 spiro atoms. The zero-order valence-electron chi connectivity index (χ0n) is 21.3. The average Bonchev–Trinajstić information content (AvgIpc) is 2.73. The number of carbonyl (C=O) groups excluding carboxylic acids is 1. The number of benzene rings is 1. The van der Waals surface area contributed by atoms with Crippen LogP contribution in [0.4, 0.5) is 0 Å². The molecule has 0 saturated carbocycles. The number of methoxy groups -OCH3 is 1. The van der Waals surface area contributed by atoms with Crippen molar-refractivity contribution in [3.8, 4) is 11.5 Å². The second kappa shape index (κ2) is 14.0. The molecule has 0 unspecified atom stereocenters. The third-order valence-electron chi connectivity index (χ3n) is 5.74. The van der Waals surface area contributed by atoms with Crippen LogP contribution >= 0.6 is 0 Å². The highest BCUT2D eigenvalue weighted by Gasteiger charge is 2.19. The summed E-state index contributed by atoms with van der Waals surface area (Å²) in [6, 6.07) is 3.63. The van der Waals surface area contributed by atoms with Crippen molar-refractivity contribution in [3.63, 3.8) is 0 Å². The fourth-order valence-electron chi connectivity index (χ4n) is 3.78. The molecule has 184 valence electrons. The summed E-state index contributed by atoms with van der Waals surface area (Å²) in [4.78, 5) is 12.2. The average molecular weight is 459 g/mol. The van der Waals surface area contributed by atoms with Crippen LogP contribution in [-0.4, -0.2) is 40.4 Å². The van der Waals surface area contributed by atoms with Gasteiger partial charge in [-0.3, -0.25) is 4.79 Å². The summed E-state index contributed by atoms with van der Waals surface area (Å²) in [5.41, 5.74) is 4.62. The van der Waals surface area contributed by atoms with Crippen LogP contribution in [0.5, 0.6) is 11.5 Å². The van der Waals surface area contributed by atoms with Crippen molar-refractivity contribution in [1.29, 1.82) is 0 Å². The number of ketones is 1. The van der Waals surface area contributed by atoms with E-state index in [1.54, 1.807) is 19.3 Å². The van der Waals surface area contributed by atoms with Gasteiger partial charge in [0.25, 0.3) is 0 Å². The second-order valence-electron chi connectivity index (χ2n) is 9.38. The highest BCUT2D eigenvalue weighted by Crippen LogP contribution is 2.28. The topological polar surface area (TPSA) is 87.0 Å². The Morgan fingerprint density at radius 3 is 2.36 bits per heavy atom. The van der Waals surface area contributed by atoms with E-state index >= 15 is 0 Å². The molecule has 0 aromatic heterocycles. The normalized spacial score (nSPS) is 15.1. The number of aromatic hydroxyl groups is 1. The summed E-state index contributed by atoms with van der Waals surface area (Å²) < 4.78 is 5.28. The Labute approximate surface area is 199 Å². The third-order valence-corrected chi connectivity index (χ3v) is 5.74. The van der Waals surface area contributed by atoms with Crippen LogP contribution in [0.15, 0.2) is 47.1 Å². The van der Waals surface area contributed by atoms with E-state index < -0.39 is 12.2 Å². The second-order valence-corrected chi connectivity index (χ2v) is 9.38. The number of hydrogen-bond donors (Lipinski definition) is 3. The summed E-state index contributed by atoms with van der Waals surface area (Å²) in [7, 11) is 1.61. The number of allylic oxidation sites excluding steroid dienone is 3. The van der Waals surface area contributed by atoms with Gasteiger partial charge in [-0.2, -0.15) is 0 Å². The molecule has 0 aliphatic carbocycles. The van der Waals surface area contributed by atoms with Crippen LogP contribution in [0, 0.1) is 12.8 Å². The van der Waals surface area contributed by atoms with E-state index in [1.165, 1.54) is 0 Å². The molecule has 0 bridgehead atoms. The molecule has 1 aromatic carbocycles. The largest absolute Gasteiger partial charge is 0.507 e. The summed E-state index contributed by atoms with van der Waals surface area (Å²) in [5.74, 6) is 0.649. The monoisotopic (exact) mass is 458 g/mol. The summed E-state index contributed by atoms with van der Waals surface area (Å²) in [6.07, 6.45) is 7.28. The van der Waals surface area contributed by atoms with E-state index in [0.717, 1.165) is 40.7 Å². The van der Waals surface area contributed by atoms with E-state index in [-0.39, 0.29) is 17.5 Å². The lowest BCUT2D eigenvalue weighted by Crippen LogP contribution is -2.25. The minimum Gasteiger partial charge on any atom is -0.507 e. The van der Waals surface area contributed by atoms with Crippen LogP contribution in [0.1, 0.15) is 71.4 Å². The highest BCUT2D eigenvalue weighted by atomic mass is 16.5. The predicted molar refractivity (Wildman–Crippen MR) is 135 cm³/mol. The molecule has 0 aliphatic rings. The zero-order chi connectivity index (χ0) is 25.1. The van der Waals surface area contributed by atoms with Gasteiger partial charge in [0.15, 0.2) is 5.78 Å². The van der Waals surface area contributed by atoms with Crippen molar-refractivity contribution in [2.45, 2.75) is 85.9 Å². The minimum absolute atomic E-state index is 0.143. The molecule has 5 heteroatoms. The smallest absolute Gasteiger partial charge is 0.167 e. The van der Waals surface area contributed by atoms with E-state index in [1.807, 2.05) is 59.8 Å². The Hall–Kier alpha value is -2.37. The van der Waals surface area contributed by atoms with Gasteiger partial charge in [0.2, 0.25) is 0 Å². The number of aryl methyl sites for hydroxylation is 1. The SMILES string of the molecule is COc1cc(C)c(O)c(C/C=C(\C)C[C@@H](O)/C=C(\C)CCC[C@@H](C)C(=O)[C@H](O)C=C(C)C)c1. The van der Waals surface area contributed by atoms with Gasteiger partial charge in [-0.25, -0.2) is 0 Å². The predicted octanol–water partition coefficient (Wildman–Crippen LogP) is 5.60. The van der Waals surface area contributed by atoms with Crippen molar-refractivity contribution in [2.75, 3.05) is 7.11 Å². The first-order chi connectivity index (χ1) is 15.4. The van der Waals surface area contributed by atoms with Crippen LogP contribution in [0.2, 0.25) is 0 Å². The summed E-state index contributed by atoms with van der Waals surface area (Å²) in [5, 5.41) is 30.7. The molecule has 0 heterocycles. The first kappa shape index (κ1) is 28.7. The number of hydrogen-bond acceptors (Lipinski definition) is 5. The van der Waals surface area contributed by atoms with E-state index in [2.05, 4.69) is 0 Å². The molecule has 3 atom stereocenters. The summed E-state index contributed by atoms with van der Waals surface area (Å²) >= 11 is 0. The van der Waals surface area contributed by atoms with Gasteiger partial charge in [-0.1, -0.05) is 41.9 Å². The standard InChI is InChI=1S/C28H42O5/c1-18(2)13-26(30)28(32)21(5)10-8-9-19(3)14-24(29)15-20(4)11-12-23-17-25(33-7)16-22(6)27(23)31/h11,13-14,16-17,21,24,26,29-31H,8-10,12,15H2,1-7H3/b19-14+,20-11+/t21-,24+,26-/m1/s1. The number of phenolic OH excluding ortho intramolecular Hbond substituents is 1. The number of carbonyl (C=O) groups is 1. The van der Waals surface area contributed by atoms with Crippen LogP contribution in [-0.2, 0) is 11.2 Å². The van der Waals surface area contributed by atoms with Crippen LogP contribution in [0.25, 0.3) is 0 Å². The van der Waals surface area contributed by atoms with Gasteiger partial charge in [-0.15, -0.1) is 0 Å². The number of aliphatic hydroxyl groups excluding tert-OH is 2. The molecule has 0 fully saturated rings. The number of aliphatic hydroxyl groups is 2. The van der Waals surface area contributed by atoms with Crippen LogP contribution < -0.4 is 4.74 Å². The van der Waals surface area contributed by atoms with Crippen LogP contribution in [0.3, 0.4) is 0 Å².